The van der Waals surface area contributed by atoms with E-state index in [9.17, 15) is 14.3 Å². The fraction of sp³-hybridized carbons (Fsp3) is 0.375. The number of cyclic esters (lactones) is 1. The van der Waals surface area contributed by atoms with Crippen molar-refractivity contribution in [3.63, 3.8) is 0 Å². The highest BCUT2D eigenvalue weighted by Gasteiger charge is 2.25. The molecule has 1 fully saturated rings. The summed E-state index contributed by atoms with van der Waals surface area (Å²) in [5, 5.41) is 19.0. The third-order valence-electron chi connectivity index (χ3n) is 4.99. The zero-order valence-corrected chi connectivity index (χ0v) is 17.2. The molecule has 1 saturated heterocycles. The van der Waals surface area contributed by atoms with Gasteiger partial charge in [0.05, 0.1) is 19.1 Å². The Hall–Kier alpha value is -2.70. The number of halogens is 1. The Morgan fingerprint density at radius 1 is 1.27 bits per heavy atom. The van der Waals surface area contributed by atoms with Gasteiger partial charge in [0.25, 0.3) is 0 Å². The molecule has 0 amide bonds. The standard InChI is InChI=1S/C24H27FO5/c1-15(2)22-13-20(29-10-9-26)14-23(16-3-5-17(25)6-4-16)21(22)8-7-19-11-18(27)12-24(28)30-19/h3-8,13-15,18-19,26-27H,9-12H2,1-2H3. The number of esters is 1. The highest BCUT2D eigenvalue weighted by atomic mass is 19.1. The molecule has 2 aromatic carbocycles. The highest BCUT2D eigenvalue weighted by Crippen LogP contribution is 2.36. The van der Waals surface area contributed by atoms with Crippen molar-refractivity contribution in [1.29, 1.82) is 0 Å². The van der Waals surface area contributed by atoms with Gasteiger partial charge >= 0.3 is 5.97 Å². The van der Waals surface area contributed by atoms with Crippen LogP contribution >= 0.6 is 0 Å². The lowest BCUT2D eigenvalue weighted by molar-refractivity contribution is -0.156. The maximum Gasteiger partial charge on any atom is 0.309 e. The van der Waals surface area contributed by atoms with Gasteiger partial charge in [-0.2, -0.15) is 0 Å². The van der Waals surface area contributed by atoms with Gasteiger partial charge in [0.2, 0.25) is 0 Å². The Balaban J connectivity index is 2.07. The number of aliphatic hydroxyl groups excluding tert-OH is 2. The molecule has 2 atom stereocenters. The summed E-state index contributed by atoms with van der Waals surface area (Å²) in [5.41, 5.74) is 3.56. The summed E-state index contributed by atoms with van der Waals surface area (Å²) in [5.74, 6) is 0.0273. The van der Waals surface area contributed by atoms with E-state index in [0.717, 1.165) is 22.3 Å². The van der Waals surface area contributed by atoms with Crippen LogP contribution in [0.1, 0.15) is 43.7 Å². The lowest BCUT2D eigenvalue weighted by Crippen LogP contribution is -2.31. The van der Waals surface area contributed by atoms with Crippen LogP contribution in [0.15, 0.2) is 42.5 Å². The number of carbonyl (C=O) groups is 1. The second kappa shape index (κ2) is 9.87. The molecule has 0 aliphatic carbocycles. The molecule has 0 aromatic heterocycles. The first-order valence-corrected chi connectivity index (χ1v) is 10.1. The van der Waals surface area contributed by atoms with Gasteiger partial charge in [-0.25, -0.2) is 4.39 Å². The number of benzene rings is 2. The van der Waals surface area contributed by atoms with Crippen LogP contribution in [0.4, 0.5) is 4.39 Å². The predicted octanol–water partition coefficient (Wildman–Crippen LogP) is 4.07. The quantitative estimate of drug-likeness (QED) is 0.668. The number of hydrogen-bond acceptors (Lipinski definition) is 5. The number of hydrogen-bond donors (Lipinski definition) is 2. The van der Waals surface area contributed by atoms with Gasteiger partial charge < -0.3 is 19.7 Å². The zero-order chi connectivity index (χ0) is 21.7. The fourth-order valence-corrected chi connectivity index (χ4v) is 3.56. The molecule has 160 valence electrons. The first kappa shape index (κ1) is 22.0. The van der Waals surface area contributed by atoms with Crippen molar-refractivity contribution in [1.82, 2.24) is 0 Å². The van der Waals surface area contributed by atoms with E-state index < -0.39 is 18.2 Å². The second-order valence-electron chi connectivity index (χ2n) is 7.69. The number of ether oxygens (including phenoxy) is 2. The molecule has 2 unspecified atom stereocenters. The van der Waals surface area contributed by atoms with Crippen LogP contribution in [0.25, 0.3) is 17.2 Å². The molecule has 1 aliphatic rings. The molecule has 3 rings (SSSR count). The van der Waals surface area contributed by atoms with E-state index in [1.165, 1.54) is 12.1 Å². The molecular weight excluding hydrogens is 387 g/mol. The van der Waals surface area contributed by atoms with E-state index in [4.69, 9.17) is 14.6 Å². The molecule has 2 aromatic rings. The van der Waals surface area contributed by atoms with Crippen LogP contribution in [0.2, 0.25) is 0 Å². The van der Waals surface area contributed by atoms with Crippen LogP contribution in [0, 0.1) is 5.82 Å². The first-order valence-electron chi connectivity index (χ1n) is 10.1. The van der Waals surface area contributed by atoms with E-state index in [2.05, 4.69) is 13.8 Å². The van der Waals surface area contributed by atoms with Gasteiger partial charge in [-0.1, -0.05) is 32.1 Å². The Morgan fingerprint density at radius 3 is 2.63 bits per heavy atom. The van der Waals surface area contributed by atoms with E-state index in [1.54, 1.807) is 18.2 Å². The normalized spacial score (nSPS) is 19.3. The topological polar surface area (TPSA) is 76.0 Å². The average Bonchev–Trinajstić information content (AvgIpc) is 2.70. The first-order chi connectivity index (χ1) is 14.4. The molecule has 1 aliphatic heterocycles. The molecule has 6 heteroatoms. The molecule has 0 spiro atoms. The Kier molecular flexibility index (Phi) is 7.24. The van der Waals surface area contributed by atoms with Crippen molar-refractivity contribution in [2.24, 2.45) is 0 Å². The molecular formula is C24H27FO5. The molecule has 0 bridgehead atoms. The summed E-state index contributed by atoms with van der Waals surface area (Å²) in [6, 6.07) is 9.99. The number of rotatable bonds is 7. The van der Waals surface area contributed by atoms with Crippen LogP contribution < -0.4 is 4.74 Å². The smallest absolute Gasteiger partial charge is 0.309 e. The van der Waals surface area contributed by atoms with E-state index >= 15 is 0 Å². The Morgan fingerprint density at radius 2 is 2.00 bits per heavy atom. The largest absolute Gasteiger partial charge is 0.491 e. The summed E-state index contributed by atoms with van der Waals surface area (Å²) in [4.78, 5) is 11.6. The van der Waals surface area contributed by atoms with Gasteiger partial charge in [-0.05, 0) is 58.5 Å². The molecule has 30 heavy (non-hydrogen) atoms. The number of carbonyl (C=O) groups excluding carboxylic acids is 1. The molecule has 5 nitrogen and oxygen atoms in total. The summed E-state index contributed by atoms with van der Waals surface area (Å²) in [6.45, 7) is 4.19. The van der Waals surface area contributed by atoms with E-state index in [0.29, 0.717) is 12.2 Å². The minimum absolute atomic E-state index is 0.0132. The molecule has 0 radical (unpaired) electrons. The summed E-state index contributed by atoms with van der Waals surface area (Å²) >= 11 is 0. The third kappa shape index (κ3) is 5.46. The van der Waals surface area contributed by atoms with Crippen molar-refractivity contribution in [3.8, 4) is 16.9 Å². The molecule has 1 heterocycles. The SMILES string of the molecule is CC(C)c1cc(OCCO)cc(-c2ccc(F)cc2)c1C=CC1CC(O)CC(=O)O1. The molecule has 0 saturated carbocycles. The minimum atomic E-state index is -0.712. The third-order valence-corrected chi connectivity index (χ3v) is 4.99. The average molecular weight is 414 g/mol. The lowest BCUT2D eigenvalue weighted by atomic mass is 9.89. The van der Waals surface area contributed by atoms with Crippen LogP contribution in [0.5, 0.6) is 5.75 Å². The van der Waals surface area contributed by atoms with Crippen molar-refractivity contribution in [3.05, 3.63) is 59.4 Å². The van der Waals surface area contributed by atoms with Gasteiger partial charge in [-0.15, -0.1) is 0 Å². The summed E-state index contributed by atoms with van der Waals surface area (Å²) in [7, 11) is 0. The molecule has 2 N–H and O–H groups in total. The summed E-state index contributed by atoms with van der Waals surface area (Å²) in [6.07, 6.45) is 2.81. The number of aliphatic hydroxyl groups is 2. The van der Waals surface area contributed by atoms with Crippen molar-refractivity contribution < 1.29 is 28.9 Å². The highest BCUT2D eigenvalue weighted by molar-refractivity contribution is 5.79. The van der Waals surface area contributed by atoms with Gasteiger partial charge in [-0.3, -0.25) is 4.79 Å². The van der Waals surface area contributed by atoms with Gasteiger partial charge in [0.1, 0.15) is 24.3 Å². The second-order valence-corrected chi connectivity index (χ2v) is 7.69. The fourth-order valence-electron chi connectivity index (χ4n) is 3.56. The monoisotopic (exact) mass is 414 g/mol. The Labute approximate surface area is 175 Å². The Bertz CT molecular complexity index is 905. The lowest BCUT2D eigenvalue weighted by Gasteiger charge is -2.24. The van der Waals surface area contributed by atoms with Crippen molar-refractivity contribution in [2.45, 2.75) is 44.8 Å². The van der Waals surface area contributed by atoms with Crippen molar-refractivity contribution in [2.75, 3.05) is 13.2 Å². The minimum Gasteiger partial charge on any atom is -0.491 e. The maximum atomic E-state index is 13.5. The zero-order valence-electron chi connectivity index (χ0n) is 17.2. The van der Waals surface area contributed by atoms with Crippen LogP contribution in [-0.4, -0.2) is 41.6 Å². The van der Waals surface area contributed by atoms with Gasteiger partial charge in [0, 0.05) is 6.42 Å². The van der Waals surface area contributed by atoms with Crippen LogP contribution in [0.3, 0.4) is 0 Å². The van der Waals surface area contributed by atoms with Crippen LogP contribution in [-0.2, 0) is 9.53 Å². The summed E-state index contributed by atoms with van der Waals surface area (Å²) < 4.78 is 24.5. The van der Waals surface area contributed by atoms with E-state index in [1.807, 2.05) is 18.2 Å². The predicted molar refractivity (Wildman–Crippen MR) is 113 cm³/mol. The van der Waals surface area contributed by atoms with Crippen molar-refractivity contribution >= 4 is 12.0 Å². The van der Waals surface area contributed by atoms with Gasteiger partial charge in [0.15, 0.2) is 0 Å². The maximum absolute atomic E-state index is 13.5. The van der Waals surface area contributed by atoms with E-state index in [-0.39, 0.29) is 31.4 Å².